The minimum Gasteiger partial charge on any atom is -0.394 e. The molecule has 18 heavy (non-hydrogen) atoms. The van der Waals surface area contributed by atoms with Gasteiger partial charge in [0.05, 0.1) is 11.9 Å². The summed E-state index contributed by atoms with van der Waals surface area (Å²) >= 11 is 5.81. The van der Waals surface area contributed by atoms with Gasteiger partial charge in [-0.2, -0.15) is 4.98 Å². The molecule has 0 radical (unpaired) electrons. The van der Waals surface area contributed by atoms with E-state index in [0.717, 1.165) is 6.42 Å². The summed E-state index contributed by atoms with van der Waals surface area (Å²) in [6, 6.07) is 1.05. The van der Waals surface area contributed by atoms with Crippen molar-refractivity contribution in [3.63, 3.8) is 0 Å². The molecule has 2 atom stereocenters. The van der Waals surface area contributed by atoms with E-state index in [9.17, 15) is 0 Å². The fourth-order valence-electron chi connectivity index (χ4n) is 3.08. The molecule has 2 unspecified atom stereocenters. The molecule has 0 saturated carbocycles. The third kappa shape index (κ3) is 2.24. The van der Waals surface area contributed by atoms with Crippen LogP contribution < -0.4 is 11.1 Å². The summed E-state index contributed by atoms with van der Waals surface area (Å²) in [5, 5.41) is 3.69. The first kappa shape index (κ1) is 12.0. The number of nitrogens with zero attached hydrogens (tertiary/aromatic N) is 3. The first-order valence-electron chi connectivity index (χ1n) is 6.52. The Hall–Kier alpha value is -1.07. The highest BCUT2D eigenvalue weighted by Gasteiger charge is 2.35. The molecule has 0 amide bonds. The number of rotatable bonds is 2. The summed E-state index contributed by atoms with van der Waals surface area (Å²) in [6.07, 6.45) is 6.61. The molecule has 2 aliphatic heterocycles. The maximum absolute atomic E-state index is 5.88. The molecule has 0 aromatic carbocycles. The molecule has 0 spiro atoms. The number of halogens is 1. The van der Waals surface area contributed by atoms with Crippen molar-refractivity contribution in [3.05, 3.63) is 11.5 Å². The Kier molecular flexibility index (Phi) is 3.26. The highest BCUT2D eigenvalue weighted by atomic mass is 35.5. The molecule has 98 valence electrons. The van der Waals surface area contributed by atoms with E-state index in [4.69, 9.17) is 17.3 Å². The van der Waals surface area contributed by atoms with Crippen LogP contribution in [0.3, 0.4) is 0 Å². The maximum Gasteiger partial charge on any atom is 0.224 e. The predicted molar refractivity (Wildman–Crippen MR) is 72.7 cm³/mol. The predicted octanol–water partition coefficient (Wildman–Crippen LogP) is 1.75. The normalized spacial score (nSPS) is 28.1. The highest BCUT2D eigenvalue weighted by molar-refractivity contribution is 6.28. The SMILES string of the molecule is Nc1cnc(Cl)nc1NC1CCN2CCCCC12. The molecule has 2 aliphatic rings. The molecular formula is C12H18ClN5. The zero-order valence-corrected chi connectivity index (χ0v) is 11.0. The van der Waals surface area contributed by atoms with Crippen molar-refractivity contribution >= 4 is 23.1 Å². The average molecular weight is 268 g/mol. The molecule has 0 bridgehead atoms. The lowest BCUT2D eigenvalue weighted by atomic mass is 9.99. The van der Waals surface area contributed by atoms with Gasteiger partial charge in [0.25, 0.3) is 0 Å². The second-order valence-electron chi connectivity index (χ2n) is 5.08. The summed E-state index contributed by atoms with van der Waals surface area (Å²) in [6.45, 7) is 2.39. The van der Waals surface area contributed by atoms with Gasteiger partial charge in [-0.05, 0) is 37.4 Å². The lowest BCUT2D eigenvalue weighted by Gasteiger charge is -2.32. The van der Waals surface area contributed by atoms with Crippen molar-refractivity contribution in [2.24, 2.45) is 0 Å². The lowest BCUT2D eigenvalue weighted by Crippen LogP contribution is -2.41. The smallest absolute Gasteiger partial charge is 0.224 e. The van der Waals surface area contributed by atoms with Gasteiger partial charge < -0.3 is 11.1 Å². The number of nitrogen functional groups attached to an aromatic ring is 1. The standard InChI is InChI=1S/C12H18ClN5/c13-12-15-7-8(14)11(17-12)16-9-4-6-18-5-2-1-3-10(9)18/h7,9-10H,1-6,14H2,(H,15,16,17). The number of fused-ring (bicyclic) bond motifs is 1. The quantitative estimate of drug-likeness (QED) is 0.799. The molecule has 6 heteroatoms. The minimum atomic E-state index is 0.241. The molecule has 1 aromatic heterocycles. The largest absolute Gasteiger partial charge is 0.394 e. The zero-order valence-electron chi connectivity index (χ0n) is 10.3. The van der Waals surface area contributed by atoms with Crippen molar-refractivity contribution in [2.45, 2.75) is 37.8 Å². The Bertz CT molecular complexity index is 438. The molecule has 1 aromatic rings. The number of anilines is 2. The van der Waals surface area contributed by atoms with Gasteiger partial charge in [-0.15, -0.1) is 0 Å². The number of nitrogens with two attached hydrogens (primary N) is 1. The summed E-state index contributed by atoms with van der Waals surface area (Å²) in [7, 11) is 0. The Morgan fingerprint density at radius 3 is 3.11 bits per heavy atom. The van der Waals surface area contributed by atoms with Crippen molar-refractivity contribution in [3.8, 4) is 0 Å². The molecule has 3 heterocycles. The third-order valence-electron chi connectivity index (χ3n) is 3.97. The Morgan fingerprint density at radius 1 is 1.33 bits per heavy atom. The van der Waals surface area contributed by atoms with E-state index in [0.29, 0.717) is 23.6 Å². The Morgan fingerprint density at radius 2 is 2.22 bits per heavy atom. The lowest BCUT2D eigenvalue weighted by molar-refractivity contribution is 0.192. The van der Waals surface area contributed by atoms with E-state index >= 15 is 0 Å². The van der Waals surface area contributed by atoms with Crippen molar-refractivity contribution in [1.82, 2.24) is 14.9 Å². The van der Waals surface area contributed by atoms with Gasteiger partial charge in [0.2, 0.25) is 5.28 Å². The van der Waals surface area contributed by atoms with Gasteiger partial charge in [0, 0.05) is 18.6 Å². The van der Waals surface area contributed by atoms with E-state index in [1.54, 1.807) is 6.20 Å². The number of aromatic nitrogens is 2. The van der Waals surface area contributed by atoms with Crippen LogP contribution in [0.25, 0.3) is 0 Å². The zero-order chi connectivity index (χ0) is 12.5. The van der Waals surface area contributed by atoms with Crippen LogP contribution >= 0.6 is 11.6 Å². The van der Waals surface area contributed by atoms with E-state index in [1.807, 2.05) is 0 Å². The topological polar surface area (TPSA) is 67.1 Å². The van der Waals surface area contributed by atoms with Crippen molar-refractivity contribution < 1.29 is 0 Å². The van der Waals surface area contributed by atoms with Gasteiger partial charge in [0.15, 0.2) is 5.82 Å². The van der Waals surface area contributed by atoms with Crippen LogP contribution in [0.15, 0.2) is 6.20 Å². The first-order chi connectivity index (χ1) is 8.74. The molecule has 0 aliphatic carbocycles. The molecule has 3 rings (SSSR count). The van der Waals surface area contributed by atoms with E-state index in [1.165, 1.54) is 32.4 Å². The van der Waals surface area contributed by atoms with Gasteiger partial charge in [-0.25, -0.2) is 4.98 Å². The van der Waals surface area contributed by atoms with Crippen LogP contribution in [-0.4, -0.2) is 40.0 Å². The highest BCUT2D eigenvalue weighted by Crippen LogP contribution is 2.30. The van der Waals surface area contributed by atoms with Gasteiger partial charge in [-0.1, -0.05) is 6.42 Å². The molecule has 2 fully saturated rings. The van der Waals surface area contributed by atoms with Gasteiger partial charge in [-0.3, -0.25) is 4.90 Å². The van der Waals surface area contributed by atoms with Crippen LogP contribution in [0.2, 0.25) is 5.28 Å². The molecule has 2 saturated heterocycles. The number of piperidine rings is 1. The maximum atomic E-state index is 5.88. The number of nitrogens with one attached hydrogen (secondary N) is 1. The second kappa shape index (κ2) is 4.90. The average Bonchev–Trinajstić information content (AvgIpc) is 2.78. The van der Waals surface area contributed by atoms with Gasteiger partial charge >= 0.3 is 0 Å². The monoisotopic (exact) mass is 267 g/mol. The summed E-state index contributed by atoms with van der Waals surface area (Å²) in [5.41, 5.74) is 6.44. The molecule has 5 nitrogen and oxygen atoms in total. The van der Waals surface area contributed by atoms with Crippen LogP contribution in [0.5, 0.6) is 0 Å². The van der Waals surface area contributed by atoms with Crippen LogP contribution in [0.4, 0.5) is 11.5 Å². The molecular weight excluding hydrogens is 250 g/mol. The van der Waals surface area contributed by atoms with Crippen molar-refractivity contribution in [2.75, 3.05) is 24.1 Å². The molecule has 3 N–H and O–H groups in total. The van der Waals surface area contributed by atoms with Gasteiger partial charge in [0.1, 0.15) is 0 Å². The van der Waals surface area contributed by atoms with Crippen LogP contribution in [0.1, 0.15) is 25.7 Å². The minimum absolute atomic E-state index is 0.241. The fourth-order valence-corrected chi connectivity index (χ4v) is 3.21. The number of hydrogen-bond donors (Lipinski definition) is 2. The summed E-state index contributed by atoms with van der Waals surface area (Å²) in [4.78, 5) is 10.6. The van der Waals surface area contributed by atoms with Crippen molar-refractivity contribution in [1.29, 1.82) is 0 Å². The Labute approximate surface area is 112 Å². The van der Waals surface area contributed by atoms with E-state index < -0.39 is 0 Å². The van der Waals surface area contributed by atoms with E-state index in [-0.39, 0.29) is 5.28 Å². The fraction of sp³-hybridized carbons (Fsp3) is 0.667. The third-order valence-corrected chi connectivity index (χ3v) is 4.15. The summed E-state index contributed by atoms with van der Waals surface area (Å²) < 4.78 is 0. The number of hydrogen-bond acceptors (Lipinski definition) is 5. The summed E-state index contributed by atoms with van der Waals surface area (Å²) in [5.74, 6) is 0.674. The van der Waals surface area contributed by atoms with E-state index in [2.05, 4.69) is 20.2 Å². The van der Waals surface area contributed by atoms with Crippen LogP contribution in [-0.2, 0) is 0 Å². The second-order valence-corrected chi connectivity index (χ2v) is 5.42. The first-order valence-corrected chi connectivity index (χ1v) is 6.90. The van der Waals surface area contributed by atoms with Crippen LogP contribution in [0, 0.1) is 0 Å². The Balaban J connectivity index is 1.74.